The maximum absolute atomic E-state index is 13.5. The van der Waals surface area contributed by atoms with Gasteiger partial charge < -0.3 is 14.6 Å². The van der Waals surface area contributed by atoms with Crippen LogP contribution in [0.2, 0.25) is 5.02 Å². The number of ether oxygens (including phenoxy) is 2. The summed E-state index contributed by atoms with van der Waals surface area (Å²) in [7, 11) is 1.54. The minimum atomic E-state index is -1.23. The molecule has 0 aromatic heterocycles. The zero-order chi connectivity index (χ0) is 24.0. The van der Waals surface area contributed by atoms with Crippen molar-refractivity contribution in [1.29, 1.82) is 0 Å². The molecule has 1 atom stereocenters. The number of hydrogen-bond acceptors (Lipinski definition) is 4. The Morgan fingerprint density at radius 1 is 1.06 bits per heavy atom. The smallest absolute Gasteiger partial charge is 0.163 e. The highest BCUT2D eigenvalue weighted by Gasteiger charge is 2.25. The number of carbonyl (C=O) groups excluding carboxylic acids is 1. The molecule has 0 fully saturated rings. The van der Waals surface area contributed by atoms with Crippen molar-refractivity contribution in [3.8, 4) is 22.6 Å². The van der Waals surface area contributed by atoms with E-state index in [9.17, 15) is 14.3 Å². The Bertz CT molecular complexity index is 1130. The largest absolute Gasteiger partial charge is 0.493 e. The van der Waals surface area contributed by atoms with Crippen molar-refractivity contribution in [3.63, 3.8) is 0 Å². The number of methoxy groups -OCH3 is 1. The lowest BCUT2D eigenvalue weighted by molar-refractivity contribution is 0.0437. The molecule has 33 heavy (non-hydrogen) atoms. The summed E-state index contributed by atoms with van der Waals surface area (Å²) in [4.78, 5) is 12.8. The van der Waals surface area contributed by atoms with Crippen LogP contribution in [0.4, 0.5) is 4.39 Å². The molecule has 0 aliphatic heterocycles. The van der Waals surface area contributed by atoms with Gasteiger partial charge in [-0.15, -0.1) is 0 Å². The summed E-state index contributed by atoms with van der Waals surface area (Å²) < 4.78 is 24.5. The van der Waals surface area contributed by atoms with Crippen LogP contribution in [0, 0.1) is 5.82 Å². The SMILES string of the molecule is CCCOc1ccc(C(=O)CCC(C)(O)c2cccc(-c3ccc(F)c(Cl)c3)c2)cc1OC. The van der Waals surface area contributed by atoms with Crippen LogP contribution in [0.5, 0.6) is 11.5 Å². The van der Waals surface area contributed by atoms with Gasteiger partial charge in [-0.2, -0.15) is 0 Å². The average Bonchev–Trinajstić information content (AvgIpc) is 2.83. The zero-order valence-electron chi connectivity index (χ0n) is 19.0. The summed E-state index contributed by atoms with van der Waals surface area (Å²) in [6.07, 6.45) is 1.25. The fourth-order valence-electron chi connectivity index (χ4n) is 3.53. The van der Waals surface area contributed by atoms with Gasteiger partial charge in [-0.25, -0.2) is 4.39 Å². The maximum Gasteiger partial charge on any atom is 0.163 e. The number of hydrogen-bond donors (Lipinski definition) is 1. The Morgan fingerprint density at radius 2 is 1.82 bits per heavy atom. The second kappa shape index (κ2) is 10.8. The number of benzene rings is 3. The summed E-state index contributed by atoms with van der Waals surface area (Å²) in [6.45, 7) is 4.26. The zero-order valence-corrected chi connectivity index (χ0v) is 19.8. The highest BCUT2D eigenvalue weighted by Crippen LogP contribution is 2.33. The van der Waals surface area contributed by atoms with Gasteiger partial charge >= 0.3 is 0 Å². The fourth-order valence-corrected chi connectivity index (χ4v) is 3.71. The molecule has 3 aromatic carbocycles. The van der Waals surface area contributed by atoms with E-state index < -0.39 is 11.4 Å². The highest BCUT2D eigenvalue weighted by molar-refractivity contribution is 6.31. The molecule has 6 heteroatoms. The van der Waals surface area contributed by atoms with E-state index in [1.54, 1.807) is 37.3 Å². The van der Waals surface area contributed by atoms with Crippen molar-refractivity contribution >= 4 is 17.4 Å². The van der Waals surface area contributed by atoms with E-state index >= 15 is 0 Å². The molecule has 0 aliphatic rings. The van der Waals surface area contributed by atoms with Crippen LogP contribution in [0.1, 0.15) is 49.0 Å². The van der Waals surface area contributed by atoms with E-state index in [4.69, 9.17) is 21.1 Å². The van der Waals surface area contributed by atoms with E-state index in [0.717, 1.165) is 17.5 Å². The van der Waals surface area contributed by atoms with Crippen LogP contribution < -0.4 is 9.47 Å². The molecule has 0 spiro atoms. The van der Waals surface area contributed by atoms with Crippen LogP contribution in [0.3, 0.4) is 0 Å². The molecule has 0 radical (unpaired) electrons. The van der Waals surface area contributed by atoms with Crippen LogP contribution in [-0.4, -0.2) is 24.6 Å². The summed E-state index contributed by atoms with van der Waals surface area (Å²) in [6, 6.07) is 16.9. The molecule has 1 unspecified atom stereocenters. The molecular weight excluding hydrogens is 443 g/mol. The van der Waals surface area contributed by atoms with Crippen molar-refractivity contribution in [2.75, 3.05) is 13.7 Å². The lowest BCUT2D eigenvalue weighted by atomic mass is 9.87. The molecule has 0 aliphatic carbocycles. The molecular formula is C27H28ClFO4. The van der Waals surface area contributed by atoms with E-state index in [1.165, 1.54) is 13.2 Å². The highest BCUT2D eigenvalue weighted by atomic mass is 35.5. The first-order valence-corrected chi connectivity index (χ1v) is 11.3. The quantitative estimate of drug-likeness (QED) is 0.330. The second-order valence-corrected chi connectivity index (χ2v) is 8.53. The molecule has 0 saturated carbocycles. The number of Topliss-reactive ketones (excluding diaryl/α,β-unsaturated/α-hetero) is 1. The Hall–Kier alpha value is -2.89. The molecule has 1 N–H and O–H groups in total. The van der Waals surface area contributed by atoms with Gasteiger partial charge in [-0.3, -0.25) is 4.79 Å². The third kappa shape index (κ3) is 6.12. The van der Waals surface area contributed by atoms with Gasteiger partial charge in [0.2, 0.25) is 0 Å². The summed E-state index contributed by atoms with van der Waals surface area (Å²) in [5.74, 6) is 0.521. The van der Waals surface area contributed by atoms with Gasteiger partial charge in [-0.05, 0) is 72.9 Å². The third-order valence-corrected chi connectivity index (χ3v) is 5.81. The first-order valence-electron chi connectivity index (χ1n) is 10.9. The van der Waals surface area contributed by atoms with Crippen LogP contribution >= 0.6 is 11.6 Å². The fraction of sp³-hybridized carbons (Fsp3) is 0.296. The van der Waals surface area contributed by atoms with Crippen LogP contribution in [0.25, 0.3) is 11.1 Å². The molecule has 3 rings (SSSR count). The number of rotatable bonds is 10. The third-order valence-electron chi connectivity index (χ3n) is 5.52. The number of carbonyl (C=O) groups is 1. The maximum atomic E-state index is 13.5. The first-order chi connectivity index (χ1) is 15.7. The lowest BCUT2D eigenvalue weighted by Gasteiger charge is -2.24. The lowest BCUT2D eigenvalue weighted by Crippen LogP contribution is -2.22. The van der Waals surface area contributed by atoms with Gasteiger partial charge in [-0.1, -0.05) is 42.8 Å². The van der Waals surface area contributed by atoms with Gasteiger partial charge in [0.15, 0.2) is 17.3 Å². The molecule has 4 nitrogen and oxygen atoms in total. The first kappa shape index (κ1) is 24.7. The van der Waals surface area contributed by atoms with Crippen molar-refractivity contribution < 1.29 is 23.8 Å². The van der Waals surface area contributed by atoms with Crippen LogP contribution in [-0.2, 0) is 5.60 Å². The molecule has 0 saturated heterocycles. The van der Waals surface area contributed by atoms with Crippen molar-refractivity contribution in [2.45, 2.75) is 38.7 Å². The summed E-state index contributed by atoms with van der Waals surface area (Å²) in [5, 5.41) is 11.1. The topological polar surface area (TPSA) is 55.8 Å². The molecule has 0 amide bonds. The minimum absolute atomic E-state index is 0.0387. The van der Waals surface area contributed by atoms with Crippen molar-refractivity contribution in [3.05, 3.63) is 82.6 Å². The number of ketones is 1. The standard InChI is InChI=1S/C27H28ClFO4/c1-4-14-33-25-11-9-20(17-26(25)32-3)24(30)12-13-27(2,31)21-7-5-6-18(15-21)19-8-10-23(29)22(28)16-19/h5-11,15-17,31H,4,12-14H2,1-3H3. The van der Waals surface area contributed by atoms with Crippen molar-refractivity contribution in [2.24, 2.45) is 0 Å². The van der Waals surface area contributed by atoms with Gasteiger partial charge in [0.1, 0.15) is 5.82 Å². The molecule has 0 heterocycles. The van der Waals surface area contributed by atoms with Gasteiger partial charge in [0.05, 0.1) is 24.3 Å². The van der Waals surface area contributed by atoms with Gasteiger partial charge in [0, 0.05) is 12.0 Å². The van der Waals surface area contributed by atoms with E-state index in [0.29, 0.717) is 29.2 Å². The Kier molecular flexibility index (Phi) is 8.11. The predicted octanol–water partition coefficient (Wildman–Crippen LogP) is 6.81. The monoisotopic (exact) mass is 470 g/mol. The van der Waals surface area contributed by atoms with Crippen LogP contribution in [0.15, 0.2) is 60.7 Å². The number of halogens is 2. The molecule has 3 aromatic rings. The molecule has 0 bridgehead atoms. The predicted molar refractivity (Wildman–Crippen MR) is 129 cm³/mol. The summed E-state index contributed by atoms with van der Waals surface area (Å²) >= 11 is 5.91. The van der Waals surface area contributed by atoms with E-state index in [2.05, 4.69) is 0 Å². The second-order valence-electron chi connectivity index (χ2n) is 8.12. The Labute approximate surface area is 198 Å². The summed E-state index contributed by atoms with van der Waals surface area (Å²) in [5.41, 5.74) is 1.47. The van der Waals surface area contributed by atoms with Gasteiger partial charge in [0.25, 0.3) is 0 Å². The Balaban J connectivity index is 1.73. The average molecular weight is 471 g/mol. The van der Waals surface area contributed by atoms with E-state index in [-0.39, 0.29) is 23.6 Å². The minimum Gasteiger partial charge on any atom is -0.493 e. The van der Waals surface area contributed by atoms with Crippen molar-refractivity contribution in [1.82, 2.24) is 0 Å². The van der Waals surface area contributed by atoms with E-state index in [1.807, 2.05) is 31.2 Å². The Morgan fingerprint density at radius 3 is 2.52 bits per heavy atom. The normalized spacial score (nSPS) is 12.8. The molecule has 174 valence electrons. The number of aliphatic hydroxyl groups is 1.